The molecule has 0 radical (unpaired) electrons. The van der Waals surface area contributed by atoms with Crippen molar-refractivity contribution in [2.45, 2.75) is 45.3 Å². The van der Waals surface area contributed by atoms with E-state index < -0.39 is 0 Å². The molecule has 0 spiro atoms. The van der Waals surface area contributed by atoms with Crippen molar-refractivity contribution < 1.29 is 13.9 Å². The van der Waals surface area contributed by atoms with Gasteiger partial charge in [0.05, 0.1) is 31.3 Å². The Balaban J connectivity index is 1.32. The molecule has 45 heavy (non-hydrogen) atoms. The highest BCUT2D eigenvalue weighted by atomic mass is 19.1. The molecule has 1 aliphatic heterocycles. The molecule has 9 heteroatoms. The van der Waals surface area contributed by atoms with Crippen molar-refractivity contribution in [3.8, 4) is 34.1 Å². The molecule has 3 heterocycles. The van der Waals surface area contributed by atoms with E-state index in [1.165, 1.54) is 17.7 Å². The van der Waals surface area contributed by atoms with Crippen LogP contribution in [0.3, 0.4) is 0 Å². The van der Waals surface area contributed by atoms with Crippen LogP contribution in [0.1, 0.15) is 42.8 Å². The largest absolute Gasteiger partial charge is 0.497 e. The lowest BCUT2D eigenvalue weighted by Gasteiger charge is -2.27. The van der Waals surface area contributed by atoms with Crippen LogP contribution in [0, 0.1) is 5.82 Å². The van der Waals surface area contributed by atoms with Gasteiger partial charge in [-0.1, -0.05) is 31.2 Å². The van der Waals surface area contributed by atoms with Gasteiger partial charge in [0.25, 0.3) is 0 Å². The second-order valence-electron chi connectivity index (χ2n) is 11.3. The maximum atomic E-state index is 13.9. The van der Waals surface area contributed by atoms with Gasteiger partial charge in [0.2, 0.25) is 5.95 Å². The molecule has 8 nitrogen and oxygen atoms in total. The quantitative estimate of drug-likeness (QED) is 0.152. The van der Waals surface area contributed by atoms with E-state index in [0.717, 1.165) is 84.4 Å². The van der Waals surface area contributed by atoms with Gasteiger partial charge in [-0.3, -0.25) is 4.90 Å². The van der Waals surface area contributed by atoms with E-state index in [9.17, 15) is 4.39 Å². The van der Waals surface area contributed by atoms with E-state index in [2.05, 4.69) is 38.8 Å². The Labute approximate surface area is 263 Å². The first-order chi connectivity index (χ1) is 22.0. The van der Waals surface area contributed by atoms with Crippen molar-refractivity contribution in [2.75, 3.05) is 32.6 Å². The van der Waals surface area contributed by atoms with Gasteiger partial charge in [0.1, 0.15) is 23.1 Å². The molecular weight excluding hydrogens is 567 g/mol. The van der Waals surface area contributed by atoms with E-state index >= 15 is 0 Å². The lowest BCUT2D eigenvalue weighted by Crippen LogP contribution is -2.30. The average molecular weight is 607 g/mol. The summed E-state index contributed by atoms with van der Waals surface area (Å²) in [5, 5.41) is 3.37. The molecule has 0 aliphatic carbocycles. The second-order valence-corrected chi connectivity index (χ2v) is 11.3. The SMILES string of the molecule is CCCN(Cc1cccc(OC)c1)CC1CCc2nc(-c3ccc(F)cc3)c(-c3ccnc(NCc4ccc(OC)cc4)n3)n21. The van der Waals surface area contributed by atoms with E-state index in [-0.39, 0.29) is 11.9 Å². The van der Waals surface area contributed by atoms with Crippen LogP contribution >= 0.6 is 0 Å². The molecule has 0 amide bonds. The number of hydrogen-bond acceptors (Lipinski definition) is 7. The summed E-state index contributed by atoms with van der Waals surface area (Å²) in [6.45, 7) is 5.47. The molecule has 1 aliphatic rings. The Bertz CT molecular complexity index is 1720. The van der Waals surface area contributed by atoms with Crippen LogP contribution < -0.4 is 14.8 Å². The summed E-state index contributed by atoms with van der Waals surface area (Å²) in [6.07, 6.45) is 4.69. The smallest absolute Gasteiger partial charge is 0.223 e. The van der Waals surface area contributed by atoms with Crippen LogP contribution in [0.2, 0.25) is 0 Å². The number of fused-ring (bicyclic) bond motifs is 1. The summed E-state index contributed by atoms with van der Waals surface area (Å²) in [6, 6.07) is 24.9. The molecule has 0 fully saturated rings. The fourth-order valence-corrected chi connectivity index (χ4v) is 6.08. The average Bonchev–Trinajstić information content (AvgIpc) is 3.64. The van der Waals surface area contributed by atoms with Gasteiger partial charge in [0, 0.05) is 43.9 Å². The van der Waals surface area contributed by atoms with Gasteiger partial charge >= 0.3 is 0 Å². The van der Waals surface area contributed by atoms with Crippen molar-refractivity contribution in [1.82, 2.24) is 24.4 Å². The first kappa shape index (κ1) is 30.3. The van der Waals surface area contributed by atoms with Gasteiger partial charge in [-0.2, -0.15) is 0 Å². The fourth-order valence-electron chi connectivity index (χ4n) is 6.08. The summed E-state index contributed by atoms with van der Waals surface area (Å²) in [4.78, 5) is 17.1. The molecule has 6 rings (SSSR count). The summed E-state index contributed by atoms with van der Waals surface area (Å²) >= 11 is 0. The zero-order valence-electron chi connectivity index (χ0n) is 26.0. The fraction of sp³-hybridized carbons (Fsp3) is 0.306. The van der Waals surface area contributed by atoms with Crippen molar-refractivity contribution in [2.24, 2.45) is 0 Å². The van der Waals surface area contributed by atoms with E-state index in [0.29, 0.717) is 12.5 Å². The van der Waals surface area contributed by atoms with E-state index in [1.807, 2.05) is 42.5 Å². The number of aromatic nitrogens is 4. The van der Waals surface area contributed by atoms with Gasteiger partial charge in [-0.25, -0.2) is 19.3 Å². The standard InChI is InChI=1S/C36H39FN6O2/c1-4-20-42(23-26-6-5-7-31(21-26)45-3)24-29-14-17-33-41-34(27-10-12-28(37)13-11-27)35(43(29)33)32-18-19-38-36(40-32)39-22-25-8-15-30(44-2)16-9-25/h5-13,15-16,18-19,21,29H,4,14,17,20,22-24H2,1-3H3,(H,38,39,40). The zero-order valence-corrected chi connectivity index (χ0v) is 26.0. The number of imidazole rings is 1. The topological polar surface area (TPSA) is 77.3 Å². The zero-order chi connectivity index (χ0) is 31.2. The molecule has 1 N–H and O–H groups in total. The predicted molar refractivity (Wildman–Crippen MR) is 175 cm³/mol. The van der Waals surface area contributed by atoms with Crippen LogP contribution in [0.25, 0.3) is 22.6 Å². The molecule has 3 aromatic carbocycles. The van der Waals surface area contributed by atoms with Crippen molar-refractivity contribution in [3.63, 3.8) is 0 Å². The van der Waals surface area contributed by atoms with Gasteiger partial charge < -0.3 is 19.4 Å². The van der Waals surface area contributed by atoms with Crippen molar-refractivity contribution in [1.29, 1.82) is 0 Å². The third kappa shape index (κ3) is 6.99. The van der Waals surface area contributed by atoms with Crippen LogP contribution in [0.15, 0.2) is 85.1 Å². The molecule has 1 unspecified atom stereocenters. The molecule has 5 aromatic rings. The number of ether oxygens (including phenoxy) is 2. The molecular formula is C36H39FN6O2. The molecule has 232 valence electrons. The lowest BCUT2D eigenvalue weighted by molar-refractivity contribution is 0.227. The minimum absolute atomic E-state index is 0.208. The maximum Gasteiger partial charge on any atom is 0.223 e. The normalized spacial score (nSPS) is 14.0. The number of anilines is 1. The predicted octanol–water partition coefficient (Wildman–Crippen LogP) is 7.18. The highest BCUT2D eigenvalue weighted by Gasteiger charge is 2.32. The molecule has 2 aromatic heterocycles. The molecule has 0 bridgehead atoms. The number of nitrogens with one attached hydrogen (secondary N) is 1. The number of nitrogens with zero attached hydrogens (tertiary/aromatic N) is 5. The van der Waals surface area contributed by atoms with Crippen LogP contribution in [0.4, 0.5) is 10.3 Å². The monoisotopic (exact) mass is 606 g/mol. The number of methoxy groups -OCH3 is 2. The Morgan fingerprint density at radius 3 is 2.49 bits per heavy atom. The van der Waals surface area contributed by atoms with Gasteiger partial charge in [-0.15, -0.1) is 0 Å². The summed E-state index contributed by atoms with van der Waals surface area (Å²) in [5.74, 6) is 2.97. The number of benzene rings is 3. The summed E-state index contributed by atoms with van der Waals surface area (Å²) in [7, 11) is 3.36. The van der Waals surface area contributed by atoms with E-state index in [1.54, 1.807) is 32.5 Å². The van der Waals surface area contributed by atoms with Gasteiger partial charge in [-0.05, 0) is 85.1 Å². The van der Waals surface area contributed by atoms with Crippen molar-refractivity contribution in [3.05, 3.63) is 108 Å². The lowest BCUT2D eigenvalue weighted by atomic mass is 10.1. The maximum absolute atomic E-state index is 13.9. The Morgan fingerprint density at radius 1 is 0.933 bits per heavy atom. The molecule has 0 saturated heterocycles. The first-order valence-electron chi connectivity index (χ1n) is 15.5. The van der Waals surface area contributed by atoms with Crippen LogP contribution in [0.5, 0.6) is 11.5 Å². The minimum Gasteiger partial charge on any atom is -0.497 e. The van der Waals surface area contributed by atoms with Crippen molar-refractivity contribution >= 4 is 5.95 Å². The highest BCUT2D eigenvalue weighted by Crippen LogP contribution is 2.40. The third-order valence-corrected chi connectivity index (χ3v) is 8.23. The highest BCUT2D eigenvalue weighted by molar-refractivity contribution is 5.78. The Hall–Kier alpha value is -4.76. The molecule has 1 atom stereocenters. The van der Waals surface area contributed by atoms with Crippen LogP contribution in [-0.4, -0.2) is 51.7 Å². The second kappa shape index (κ2) is 13.9. The van der Waals surface area contributed by atoms with Gasteiger partial charge in [0.15, 0.2) is 0 Å². The van der Waals surface area contributed by atoms with E-state index in [4.69, 9.17) is 19.4 Å². The number of rotatable bonds is 13. The number of halogens is 1. The molecule has 0 saturated carbocycles. The number of hydrogen-bond donors (Lipinski definition) is 1. The first-order valence-corrected chi connectivity index (χ1v) is 15.5. The Kier molecular flexibility index (Phi) is 9.35. The summed E-state index contributed by atoms with van der Waals surface area (Å²) in [5.41, 5.74) is 5.70. The Morgan fingerprint density at radius 2 is 1.73 bits per heavy atom. The minimum atomic E-state index is -0.273. The number of aryl methyl sites for hydroxylation is 1. The third-order valence-electron chi connectivity index (χ3n) is 8.23. The summed E-state index contributed by atoms with van der Waals surface area (Å²) < 4.78 is 27.1. The van der Waals surface area contributed by atoms with Crippen LogP contribution in [-0.2, 0) is 19.5 Å².